The first-order chi connectivity index (χ1) is 9.08. The van der Waals surface area contributed by atoms with Crippen LogP contribution in [0.3, 0.4) is 0 Å². The van der Waals surface area contributed by atoms with Crippen LogP contribution in [-0.2, 0) is 4.79 Å². The van der Waals surface area contributed by atoms with Crippen molar-refractivity contribution < 1.29 is 19.4 Å². The van der Waals surface area contributed by atoms with Gasteiger partial charge in [0.05, 0.1) is 19.6 Å². The van der Waals surface area contributed by atoms with E-state index in [1.54, 1.807) is 27.3 Å². The van der Waals surface area contributed by atoms with Crippen molar-refractivity contribution in [2.45, 2.75) is 18.9 Å². The van der Waals surface area contributed by atoms with Crippen LogP contribution in [-0.4, -0.2) is 32.3 Å². The van der Waals surface area contributed by atoms with E-state index in [4.69, 9.17) is 9.47 Å². The Labute approximate surface area is 112 Å². The number of carbonyl (C=O) groups is 1. The van der Waals surface area contributed by atoms with Gasteiger partial charge in [-0.1, -0.05) is 6.07 Å². The summed E-state index contributed by atoms with van der Waals surface area (Å²) in [6, 6.07) is 5.30. The van der Waals surface area contributed by atoms with Crippen LogP contribution < -0.4 is 14.8 Å². The van der Waals surface area contributed by atoms with Crippen LogP contribution in [0, 0.1) is 5.41 Å². The van der Waals surface area contributed by atoms with E-state index in [1.807, 2.05) is 12.1 Å². The zero-order chi connectivity index (χ0) is 14.0. The molecule has 1 aromatic carbocycles. The van der Waals surface area contributed by atoms with Gasteiger partial charge < -0.3 is 19.9 Å². The molecular weight excluding hydrogens is 246 g/mol. The van der Waals surface area contributed by atoms with Gasteiger partial charge in [0.1, 0.15) is 0 Å². The second kappa shape index (κ2) is 5.09. The standard InChI is InChI=1S/C14H19NO4/c1-15-12(14(6-7-14)13(16)17)9-4-5-10(18-2)11(8-9)19-3/h4-5,8,12,15H,6-7H2,1-3H3,(H,16,17). The van der Waals surface area contributed by atoms with Crippen LogP contribution in [0.1, 0.15) is 24.4 Å². The second-order valence-electron chi connectivity index (χ2n) is 4.80. The van der Waals surface area contributed by atoms with Gasteiger partial charge >= 0.3 is 5.97 Å². The van der Waals surface area contributed by atoms with Gasteiger partial charge in [0.25, 0.3) is 0 Å². The Morgan fingerprint density at radius 3 is 2.37 bits per heavy atom. The first-order valence-electron chi connectivity index (χ1n) is 6.21. The molecule has 0 radical (unpaired) electrons. The highest BCUT2D eigenvalue weighted by atomic mass is 16.5. The number of nitrogens with one attached hydrogen (secondary N) is 1. The summed E-state index contributed by atoms with van der Waals surface area (Å²) in [5.74, 6) is 0.504. The second-order valence-corrected chi connectivity index (χ2v) is 4.80. The quantitative estimate of drug-likeness (QED) is 0.821. The van der Waals surface area contributed by atoms with Crippen molar-refractivity contribution in [1.82, 2.24) is 5.32 Å². The van der Waals surface area contributed by atoms with Gasteiger partial charge in [0.2, 0.25) is 0 Å². The third-order valence-corrected chi connectivity index (χ3v) is 3.80. The Balaban J connectivity index is 2.37. The van der Waals surface area contributed by atoms with Crippen LogP contribution >= 0.6 is 0 Å². The molecule has 1 saturated carbocycles. The van der Waals surface area contributed by atoms with Crippen LogP contribution in [0.5, 0.6) is 11.5 Å². The van der Waals surface area contributed by atoms with E-state index in [0.29, 0.717) is 24.3 Å². The van der Waals surface area contributed by atoms with E-state index >= 15 is 0 Å². The van der Waals surface area contributed by atoms with Crippen molar-refractivity contribution in [2.75, 3.05) is 21.3 Å². The summed E-state index contributed by atoms with van der Waals surface area (Å²) in [6.45, 7) is 0. The molecule has 5 nitrogen and oxygen atoms in total. The van der Waals surface area contributed by atoms with E-state index in [9.17, 15) is 9.90 Å². The molecule has 1 aliphatic carbocycles. The number of carboxylic acids is 1. The minimum atomic E-state index is -0.748. The lowest BCUT2D eigenvalue weighted by atomic mass is 9.90. The van der Waals surface area contributed by atoms with Crippen molar-refractivity contribution in [2.24, 2.45) is 5.41 Å². The van der Waals surface area contributed by atoms with E-state index in [0.717, 1.165) is 5.56 Å². The molecule has 1 fully saturated rings. The molecule has 0 amide bonds. The zero-order valence-corrected chi connectivity index (χ0v) is 11.4. The largest absolute Gasteiger partial charge is 0.493 e. The molecule has 0 heterocycles. The maximum atomic E-state index is 11.4. The summed E-state index contributed by atoms with van der Waals surface area (Å²) in [7, 11) is 4.93. The lowest BCUT2D eigenvalue weighted by Gasteiger charge is -2.24. The number of hydrogen-bond acceptors (Lipinski definition) is 4. The highest BCUT2D eigenvalue weighted by Gasteiger charge is 2.56. The van der Waals surface area contributed by atoms with Gasteiger partial charge in [-0.3, -0.25) is 4.79 Å². The molecule has 0 bridgehead atoms. The maximum absolute atomic E-state index is 11.4. The Kier molecular flexibility index (Phi) is 3.66. The van der Waals surface area contributed by atoms with Crippen LogP contribution in [0.2, 0.25) is 0 Å². The van der Waals surface area contributed by atoms with E-state index in [1.165, 1.54) is 0 Å². The summed E-state index contributed by atoms with van der Waals surface area (Å²) in [5, 5.41) is 12.5. The van der Waals surface area contributed by atoms with E-state index in [-0.39, 0.29) is 6.04 Å². The topological polar surface area (TPSA) is 67.8 Å². The predicted octanol–water partition coefficient (Wildman–Crippen LogP) is 1.83. The summed E-state index contributed by atoms with van der Waals surface area (Å²) >= 11 is 0. The van der Waals surface area contributed by atoms with Gasteiger partial charge in [0, 0.05) is 6.04 Å². The Morgan fingerprint density at radius 1 is 1.32 bits per heavy atom. The van der Waals surface area contributed by atoms with Crippen LogP contribution in [0.4, 0.5) is 0 Å². The highest BCUT2D eigenvalue weighted by molar-refractivity contribution is 5.79. The number of hydrogen-bond donors (Lipinski definition) is 2. The number of aliphatic carboxylic acids is 1. The fourth-order valence-corrected chi connectivity index (χ4v) is 2.56. The van der Waals surface area contributed by atoms with Crippen molar-refractivity contribution in [3.63, 3.8) is 0 Å². The first kappa shape index (κ1) is 13.7. The Hall–Kier alpha value is -1.75. The van der Waals surface area contributed by atoms with Crippen molar-refractivity contribution in [3.8, 4) is 11.5 Å². The van der Waals surface area contributed by atoms with Crippen molar-refractivity contribution in [1.29, 1.82) is 0 Å². The number of rotatable bonds is 6. The first-order valence-corrected chi connectivity index (χ1v) is 6.21. The van der Waals surface area contributed by atoms with Crippen LogP contribution in [0.25, 0.3) is 0 Å². The number of methoxy groups -OCH3 is 2. The lowest BCUT2D eigenvalue weighted by Crippen LogP contribution is -2.32. The average Bonchev–Trinajstić information content (AvgIpc) is 3.21. The van der Waals surface area contributed by atoms with Crippen molar-refractivity contribution in [3.05, 3.63) is 23.8 Å². The van der Waals surface area contributed by atoms with E-state index in [2.05, 4.69) is 5.32 Å². The molecule has 0 aliphatic heterocycles. The zero-order valence-electron chi connectivity index (χ0n) is 11.4. The maximum Gasteiger partial charge on any atom is 0.311 e. The molecule has 1 atom stereocenters. The van der Waals surface area contributed by atoms with Crippen molar-refractivity contribution >= 4 is 5.97 Å². The Morgan fingerprint density at radius 2 is 1.95 bits per heavy atom. The number of carboxylic acid groups (broad SMARTS) is 1. The Bertz CT molecular complexity index is 482. The molecule has 2 N–H and O–H groups in total. The fraction of sp³-hybridized carbons (Fsp3) is 0.500. The molecule has 1 unspecified atom stereocenters. The minimum Gasteiger partial charge on any atom is -0.493 e. The van der Waals surface area contributed by atoms with Gasteiger partial charge in [0.15, 0.2) is 11.5 Å². The third-order valence-electron chi connectivity index (χ3n) is 3.80. The molecule has 1 aliphatic rings. The van der Waals surface area contributed by atoms with Crippen LogP contribution in [0.15, 0.2) is 18.2 Å². The minimum absolute atomic E-state index is 0.218. The number of benzene rings is 1. The average molecular weight is 265 g/mol. The normalized spacial score (nSPS) is 17.6. The molecule has 1 aromatic rings. The molecule has 0 saturated heterocycles. The number of ether oxygens (including phenoxy) is 2. The molecule has 5 heteroatoms. The summed E-state index contributed by atoms with van der Waals surface area (Å²) < 4.78 is 10.5. The summed E-state index contributed by atoms with van der Waals surface area (Å²) in [5.41, 5.74) is 0.217. The van der Waals surface area contributed by atoms with Gasteiger partial charge in [-0.2, -0.15) is 0 Å². The third kappa shape index (κ3) is 2.26. The molecular formula is C14H19NO4. The summed E-state index contributed by atoms with van der Waals surface area (Å²) in [4.78, 5) is 11.4. The van der Waals surface area contributed by atoms with Gasteiger partial charge in [-0.25, -0.2) is 0 Å². The van der Waals surface area contributed by atoms with Gasteiger partial charge in [-0.05, 0) is 37.6 Å². The highest BCUT2D eigenvalue weighted by Crippen LogP contribution is 2.55. The van der Waals surface area contributed by atoms with Gasteiger partial charge in [-0.15, -0.1) is 0 Å². The lowest BCUT2D eigenvalue weighted by molar-refractivity contribution is -0.144. The smallest absolute Gasteiger partial charge is 0.311 e. The molecule has 104 valence electrons. The van der Waals surface area contributed by atoms with E-state index < -0.39 is 11.4 Å². The molecule has 2 rings (SSSR count). The SMILES string of the molecule is CNC(c1ccc(OC)c(OC)c1)C1(C(=O)O)CC1. The molecule has 0 spiro atoms. The predicted molar refractivity (Wildman–Crippen MR) is 70.6 cm³/mol. The summed E-state index contributed by atoms with van der Waals surface area (Å²) in [6.07, 6.45) is 1.39. The molecule has 0 aromatic heterocycles. The molecule has 19 heavy (non-hydrogen) atoms. The monoisotopic (exact) mass is 265 g/mol. The fourth-order valence-electron chi connectivity index (χ4n) is 2.56.